The van der Waals surface area contributed by atoms with Crippen molar-refractivity contribution in [1.29, 1.82) is 0 Å². The van der Waals surface area contributed by atoms with Gasteiger partial charge in [-0.2, -0.15) is 0 Å². The molecule has 2 aromatic carbocycles. The number of carbonyl (C=O) groups is 2. The minimum absolute atomic E-state index is 0.0163. The van der Waals surface area contributed by atoms with E-state index in [0.29, 0.717) is 27.4 Å². The van der Waals surface area contributed by atoms with Gasteiger partial charge in [-0.3, -0.25) is 9.59 Å². The summed E-state index contributed by atoms with van der Waals surface area (Å²) in [4.78, 5) is 38.3. The first-order valence-corrected chi connectivity index (χ1v) is 9.69. The van der Waals surface area contributed by atoms with Crippen molar-refractivity contribution < 1.29 is 19.1 Å². The number of pyridine rings is 1. The molecule has 0 aliphatic heterocycles. The van der Waals surface area contributed by atoms with Gasteiger partial charge in [0.15, 0.2) is 5.78 Å². The van der Waals surface area contributed by atoms with Gasteiger partial charge in [0.05, 0.1) is 6.61 Å². The summed E-state index contributed by atoms with van der Waals surface area (Å²) in [5.41, 5.74) is 1.81. The van der Waals surface area contributed by atoms with E-state index in [1.165, 1.54) is 19.1 Å². The molecule has 0 unspecified atom stereocenters. The Morgan fingerprint density at radius 1 is 1.10 bits per heavy atom. The standard InChI is InChI=1S/C23H20ClNO5/c1-3-29-23(28)19(14(2)26)10-15-4-7-18(8-5-15)30-13-16-11-22(27)25-21-9-6-17(24)12-20(16)21/h4-12H,3,13H2,1-2H3,(H,25,27). The van der Waals surface area contributed by atoms with Crippen molar-refractivity contribution in [1.82, 2.24) is 4.98 Å². The monoisotopic (exact) mass is 425 g/mol. The summed E-state index contributed by atoms with van der Waals surface area (Å²) in [5, 5.41) is 1.37. The van der Waals surface area contributed by atoms with E-state index in [-0.39, 0.29) is 30.1 Å². The van der Waals surface area contributed by atoms with Crippen LogP contribution in [0.1, 0.15) is 25.0 Å². The van der Waals surface area contributed by atoms with E-state index in [0.717, 1.165) is 5.39 Å². The number of aromatic nitrogens is 1. The predicted octanol–water partition coefficient (Wildman–Crippen LogP) is 4.30. The fourth-order valence-corrected chi connectivity index (χ4v) is 3.09. The highest BCUT2D eigenvalue weighted by molar-refractivity contribution is 6.31. The van der Waals surface area contributed by atoms with E-state index in [1.807, 2.05) is 0 Å². The van der Waals surface area contributed by atoms with Gasteiger partial charge in [-0.15, -0.1) is 0 Å². The lowest BCUT2D eigenvalue weighted by atomic mass is 10.1. The van der Waals surface area contributed by atoms with Gasteiger partial charge in [0, 0.05) is 27.6 Å². The van der Waals surface area contributed by atoms with Crippen molar-refractivity contribution >= 4 is 40.3 Å². The van der Waals surface area contributed by atoms with E-state index >= 15 is 0 Å². The molecule has 0 spiro atoms. The molecule has 0 atom stereocenters. The second-order valence-electron chi connectivity index (χ2n) is 6.54. The summed E-state index contributed by atoms with van der Waals surface area (Å²) in [6.07, 6.45) is 1.48. The van der Waals surface area contributed by atoms with Crippen LogP contribution in [0.3, 0.4) is 0 Å². The van der Waals surface area contributed by atoms with Crippen molar-refractivity contribution in [2.24, 2.45) is 0 Å². The molecule has 154 valence electrons. The number of rotatable bonds is 7. The van der Waals surface area contributed by atoms with Gasteiger partial charge < -0.3 is 14.5 Å². The maximum Gasteiger partial charge on any atom is 0.341 e. The van der Waals surface area contributed by atoms with Crippen LogP contribution in [0.25, 0.3) is 17.0 Å². The SMILES string of the molecule is CCOC(=O)C(=Cc1ccc(OCc2cc(=O)[nH]c3ccc(Cl)cc23)cc1)C(C)=O. The van der Waals surface area contributed by atoms with Crippen LogP contribution in [-0.2, 0) is 20.9 Å². The molecule has 7 heteroatoms. The lowest BCUT2D eigenvalue weighted by Crippen LogP contribution is -2.13. The Balaban J connectivity index is 1.78. The van der Waals surface area contributed by atoms with E-state index in [1.54, 1.807) is 49.4 Å². The topological polar surface area (TPSA) is 85.5 Å². The van der Waals surface area contributed by atoms with Crippen LogP contribution in [-0.4, -0.2) is 23.3 Å². The number of esters is 1. The van der Waals surface area contributed by atoms with Crippen LogP contribution >= 0.6 is 11.6 Å². The molecule has 0 aliphatic carbocycles. The number of hydrogen-bond acceptors (Lipinski definition) is 5. The summed E-state index contributed by atoms with van der Waals surface area (Å²) in [5.74, 6) is -0.443. The molecule has 3 rings (SSSR count). The fourth-order valence-electron chi connectivity index (χ4n) is 2.92. The summed E-state index contributed by atoms with van der Waals surface area (Å²) in [6.45, 7) is 3.37. The number of ether oxygens (including phenoxy) is 2. The van der Waals surface area contributed by atoms with Crippen LogP contribution in [0.15, 0.2) is 58.9 Å². The Morgan fingerprint density at radius 2 is 1.83 bits per heavy atom. The minimum Gasteiger partial charge on any atom is -0.489 e. The predicted molar refractivity (Wildman–Crippen MR) is 116 cm³/mol. The highest BCUT2D eigenvalue weighted by Crippen LogP contribution is 2.22. The van der Waals surface area contributed by atoms with Gasteiger partial charge >= 0.3 is 5.97 Å². The zero-order valence-electron chi connectivity index (χ0n) is 16.5. The molecule has 0 fully saturated rings. The normalized spacial score (nSPS) is 11.4. The van der Waals surface area contributed by atoms with Crippen LogP contribution in [0, 0.1) is 0 Å². The third-order valence-corrected chi connectivity index (χ3v) is 4.59. The molecule has 0 aliphatic rings. The first-order chi connectivity index (χ1) is 14.4. The summed E-state index contributed by atoms with van der Waals surface area (Å²) < 4.78 is 10.7. The van der Waals surface area contributed by atoms with Crippen molar-refractivity contribution in [3.63, 3.8) is 0 Å². The highest BCUT2D eigenvalue weighted by Gasteiger charge is 2.15. The van der Waals surface area contributed by atoms with Crippen molar-refractivity contribution in [3.8, 4) is 5.75 Å². The number of H-pyrrole nitrogens is 1. The second-order valence-corrected chi connectivity index (χ2v) is 6.98. The van der Waals surface area contributed by atoms with E-state index < -0.39 is 5.97 Å². The zero-order chi connectivity index (χ0) is 21.7. The number of aromatic amines is 1. The molecule has 0 amide bonds. The molecular formula is C23H20ClNO5. The summed E-state index contributed by atoms with van der Waals surface area (Å²) in [6, 6.07) is 13.6. The average molecular weight is 426 g/mol. The summed E-state index contributed by atoms with van der Waals surface area (Å²) >= 11 is 6.08. The molecule has 0 saturated carbocycles. The Bertz CT molecular complexity index is 1180. The van der Waals surface area contributed by atoms with E-state index in [2.05, 4.69) is 4.98 Å². The largest absolute Gasteiger partial charge is 0.489 e. The smallest absolute Gasteiger partial charge is 0.341 e. The number of benzene rings is 2. The maximum atomic E-state index is 11.9. The molecule has 1 N–H and O–H groups in total. The molecule has 0 saturated heterocycles. The van der Waals surface area contributed by atoms with Crippen LogP contribution in [0.4, 0.5) is 0 Å². The molecule has 30 heavy (non-hydrogen) atoms. The Morgan fingerprint density at radius 3 is 2.50 bits per heavy atom. The first kappa shape index (κ1) is 21.3. The Hall–Kier alpha value is -3.38. The quantitative estimate of drug-likeness (QED) is 0.264. The van der Waals surface area contributed by atoms with Gasteiger partial charge in [-0.1, -0.05) is 23.7 Å². The number of halogens is 1. The number of Topliss-reactive ketones (excluding diaryl/α,β-unsaturated/α-hetero) is 1. The highest BCUT2D eigenvalue weighted by atomic mass is 35.5. The Kier molecular flexibility index (Phi) is 6.69. The molecule has 0 bridgehead atoms. The Labute approximate surface area is 178 Å². The number of nitrogens with one attached hydrogen (secondary N) is 1. The second kappa shape index (κ2) is 9.41. The summed E-state index contributed by atoms with van der Waals surface area (Å²) in [7, 11) is 0. The van der Waals surface area contributed by atoms with Crippen molar-refractivity contribution in [2.75, 3.05) is 6.61 Å². The average Bonchev–Trinajstić information content (AvgIpc) is 2.71. The minimum atomic E-state index is -0.648. The van der Waals surface area contributed by atoms with Crippen molar-refractivity contribution in [2.45, 2.75) is 20.5 Å². The molecular weight excluding hydrogens is 406 g/mol. The molecule has 3 aromatic rings. The molecule has 6 nitrogen and oxygen atoms in total. The van der Waals surface area contributed by atoms with E-state index in [9.17, 15) is 14.4 Å². The van der Waals surface area contributed by atoms with Crippen LogP contribution in [0.2, 0.25) is 5.02 Å². The lowest BCUT2D eigenvalue weighted by molar-refractivity contribution is -0.139. The molecule has 1 heterocycles. The molecule has 1 aromatic heterocycles. The van der Waals surface area contributed by atoms with Gasteiger partial charge in [-0.25, -0.2) is 4.79 Å². The van der Waals surface area contributed by atoms with Gasteiger partial charge in [0.1, 0.15) is 17.9 Å². The van der Waals surface area contributed by atoms with Gasteiger partial charge in [-0.05, 0) is 55.8 Å². The number of fused-ring (bicyclic) bond motifs is 1. The number of ketones is 1. The number of carbonyl (C=O) groups excluding carboxylic acids is 2. The maximum absolute atomic E-state index is 11.9. The van der Waals surface area contributed by atoms with Crippen LogP contribution in [0.5, 0.6) is 5.75 Å². The van der Waals surface area contributed by atoms with Gasteiger partial charge in [0.2, 0.25) is 5.56 Å². The van der Waals surface area contributed by atoms with E-state index in [4.69, 9.17) is 21.1 Å². The van der Waals surface area contributed by atoms with Gasteiger partial charge in [0.25, 0.3) is 0 Å². The molecule has 0 radical (unpaired) electrons. The third-order valence-electron chi connectivity index (χ3n) is 4.35. The number of hydrogen-bond donors (Lipinski definition) is 1. The van der Waals surface area contributed by atoms with Crippen LogP contribution < -0.4 is 10.3 Å². The lowest BCUT2D eigenvalue weighted by Gasteiger charge is -2.10. The first-order valence-electron chi connectivity index (χ1n) is 9.31. The zero-order valence-corrected chi connectivity index (χ0v) is 17.3. The fraction of sp³-hybridized carbons (Fsp3) is 0.174. The third kappa shape index (κ3) is 5.15. The van der Waals surface area contributed by atoms with Crippen molar-refractivity contribution in [3.05, 3.63) is 80.6 Å².